The van der Waals surface area contributed by atoms with Gasteiger partial charge in [0.15, 0.2) is 10.0 Å². The predicted molar refractivity (Wildman–Crippen MR) is 53.6 cm³/mol. The van der Waals surface area contributed by atoms with Crippen molar-refractivity contribution in [1.82, 2.24) is 9.97 Å². The molecule has 0 aliphatic heterocycles. The normalized spacial score (nSPS) is 13.5. The van der Waals surface area contributed by atoms with E-state index in [0.29, 0.717) is 5.69 Å². The fourth-order valence-corrected chi connectivity index (χ4v) is 1.43. The second-order valence-corrected chi connectivity index (χ2v) is 4.82. The van der Waals surface area contributed by atoms with Gasteiger partial charge < -0.3 is 20.2 Å². The van der Waals surface area contributed by atoms with Gasteiger partial charge in [0.1, 0.15) is 0 Å². The molecule has 0 saturated carbocycles. The molecular formula is C7H8F3LiN4O3S. The van der Waals surface area contributed by atoms with Crippen molar-refractivity contribution in [3.63, 3.8) is 0 Å². The summed E-state index contributed by atoms with van der Waals surface area (Å²) < 4.78 is 59.1. The number of aromatic amines is 1. The molecule has 0 spiro atoms. The van der Waals surface area contributed by atoms with E-state index in [1.807, 2.05) is 0 Å². The van der Waals surface area contributed by atoms with Crippen LogP contribution in [-0.2, 0) is 21.2 Å². The molecule has 0 unspecified atom stereocenters. The Morgan fingerprint density at radius 2 is 2.11 bits per heavy atom. The van der Waals surface area contributed by atoms with Crippen LogP contribution in [0.5, 0.6) is 0 Å². The second kappa shape index (κ2) is 6.42. The molecule has 3 N–H and O–H groups in total. The van der Waals surface area contributed by atoms with Crippen LogP contribution in [0.3, 0.4) is 0 Å². The molecule has 7 nitrogen and oxygen atoms in total. The number of sulfonamides is 1. The maximum Gasteiger partial charge on any atom is 1.00 e. The van der Waals surface area contributed by atoms with Gasteiger partial charge in [-0.05, 0) is 0 Å². The molecule has 1 rings (SSSR count). The Balaban J connectivity index is 0.00000324. The predicted octanol–water partition coefficient (Wildman–Crippen LogP) is -2.97. The first kappa shape index (κ1) is 18.0. The van der Waals surface area contributed by atoms with Crippen molar-refractivity contribution >= 4 is 15.9 Å². The van der Waals surface area contributed by atoms with Gasteiger partial charge in [0.2, 0.25) is 0 Å². The van der Waals surface area contributed by atoms with E-state index < -0.39 is 27.5 Å². The summed E-state index contributed by atoms with van der Waals surface area (Å²) in [5.41, 5.74) is -0.0851. The van der Waals surface area contributed by atoms with Crippen molar-refractivity contribution in [3.05, 3.63) is 22.9 Å². The monoisotopic (exact) mass is 292 g/mol. The summed E-state index contributed by atoms with van der Waals surface area (Å²) in [6, 6.07) is -1.51. The average molecular weight is 292 g/mol. The Morgan fingerprint density at radius 3 is 2.53 bits per heavy atom. The Hall–Kier alpha value is -1.02. The van der Waals surface area contributed by atoms with Crippen LogP contribution in [0.15, 0.2) is 12.5 Å². The molecule has 0 radical (unpaired) electrons. The van der Waals surface area contributed by atoms with Crippen LogP contribution in [0.1, 0.15) is 5.69 Å². The fraction of sp³-hybridized carbons (Fsp3) is 0.429. The Kier molecular flexibility index (Phi) is 6.08. The first-order valence-corrected chi connectivity index (χ1v) is 5.89. The van der Waals surface area contributed by atoms with E-state index in [4.69, 9.17) is 5.73 Å². The number of imidazole rings is 1. The first-order valence-electron chi connectivity index (χ1n) is 4.45. The van der Waals surface area contributed by atoms with Crippen molar-refractivity contribution < 1.29 is 45.2 Å². The van der Waals surface area contributed by atoms with Crippen molar-refractivity contribution in [2.75, 3.05) is 0 Å². The molecule has 19 heavy (non-hydrogen) atoms. The number of nitrogens with two attached hydrogens (primary N) is 1. The SMILES string of the molecule is N[C@@H](Cc1c[nH]cn1)C(=O)[N-]S(=O)(=O)C(F)(F)F.[Li+]. The van der Waals surface area contributed by atoms with Gasteiger partial charge in [0.05, 0.1) is 24.0 Å². The summed E-state index contributed by atoms with van der Waals surface area (Å²) in [4.78, 5) is 17.3. The van der Waals surface area contributed by atoms with E-state index in [1.165, 1.54) is 12.5 Å². The summed E-state index contributed by atoms with van der Waals surface area (Å²) >= 11 is 0. The molecule has 0 aromatic carbocycles. The minimum absolute atomic E-state index is 0. The number of carbonyl (C=O) groups is 1. The standard InChI is InChI=1S/C7H9F3N4O3S.Li/c8-7(9,10)18(16,17)14-6(15)5(11)1-4-2-12-3-13-4;/h2-3,5H,1,11H2,(H2,12,13,14,15);/q;+1/p-1/t5-;/m0./s1. The van der Waals surface area contributed by atoms with Gasteiger partial charge in [-0.25, -0.2) is 13.4 Å². The molecule has 1 aromatic heterocycles. The molecule has 102 valence electrons. The van der Waals surface area contributed by atoms with E-state index in [9.17, 15) is 26.4 Å². The number of hydrogen-bond donors (Lipinski definition) is 2. The van der Waals surface area contributed by atoms with Gasteiger partial charge in [-0.3, -0.25) is 0 Å². The zero-order valence-corrected chi connectivity index (χ0v) is 10.5. The summed E-state index contributed by atoms with van der Waals surface area (Å²) in [6.45, 7) is 0. The second-order valence-electron chi connectivity index (χ2n) is 3.22. The molecule has 0 aliphatic carbocycles. The minimum Gasteiger partial charge on any atom is -0.537 e. The molecule has 0 fully saturated rings. The summed E-state index contributed by atoms with van der Waals surface area (Å²) in [6.07, 6.45) is 2.42. The zero-order valence-electron chi connectivity index (χ0n) is 9.68. The number of rotatable bonds is 4. The molecule has 0 bridgehead atoms. The van der Waals surface area contributed by atoms with Gasteiger partial charge >= 0.3 is 24.4 Å². The van der Waals surface area contributed by atoms with Gasteiger partial charge in [-0.15, -0.1) is 0 Å². The number of H-pyrrole nitrogens is 1. The number of halogens is 3. The Labute approximate surface area is 118 Å². The van der Waals surface area contributed by atoms with Crippen LogP contribution in [0, 0.1) is 0 Å². The maximum atomic E-state index is 11.9. The van der Waals surface area contributed by atoms with E-state index >= 15 is 0 Å². The third-order valence-corrected chi connectivity index (χ3v) is 2.81. The van der Waals surface area contributed by atoms with E-state index in [-0.39, 0.29) is 25.3 Å². The molecule has 0 aliphatic rings. The minimum atomic E-state index is -5.85. The van der Waals surface area contributed by atoms with Gasteiger partial charge in [-0.2, -0.15) is 13.2 Å². The van der Waals surface area contributed by atoms with Crippen molar-refractivity contribution in [2.45, 2.75) is 18.0 Å². The van der Waals surface area contributed by atoms with Gasteiger partial charge in [-0.1, -0.05) is 0 Å². The average Bonchev–Trinajstić information content (AvgIpc) is 2.67. The Morgan fingerprint density at radius 1 is 1.53 bits per heavy atom. The molecule has 1 atom stereocenters. The molecule has 12 heteroatoms. The topological polar surface area (TPSA) is 120 Å². The fourth-order valence-electron chi connectivity index (χ4n) is 0.953. The molecule has 1 heterocycles. The molecular weight excluding hydrogens is 284 g/mol. The maximum absolute atomic E-state index is 11.9. The smallest absolute Gasteiger partial charge is 0.537 e. The Bertz CT molecular complexity index is 516. The third-order valence-electron chi connectivity index (χ3n) is 1.80. The molecule has 1 aromatic rings. The van der Waals surface area contributed by atoms with Crippen molar-refractivity contribution in [3.8, 4) is 0 Å². The van der Waals surface area contributed by atoms with Gasteiger partial charge in [0, 0.05) is 12.6 Å². The number of nitrogens with zero attached hydrogens (tertiary/aromatic N) is 2. The quantitative estimate of drug-likeness (QED) is 0.574. The van der Waals surface area contributed by atoms with E-state index in [1.54, 1.807) is 0 Å². The van der Waals surface area contributed by atoms with E-state index in [0.717, 1.165) is 0 Å². The largest absolute Gasteiger partial charge is 1.00 e. The van der Waals surface area contributed by atoms with Crippen LogP contribution in [0.2, 0.25) is 0 Å². The first-order chi connectivity index (χ1) is 8.13. The number of amides is 1. The van der Waals surface area contributed by atoms with Crippen LogP contribution >= 0.6 is 0 Å². The van der Waals surface area contributed by atoms with Crippen LogP contribution in [0.25, 0.3) is 4.72 Å². The zero-order chi connectivity index (χ0) is 14.0. The number of nitrogens with one attached hydrogen (secondary N) is 1. The third kappa shape index (κ3) is 4.87. The van der Waals surface area contributed by atoms with Crippen molar-refractivity contribution in [1.29, 1.82) is 0 Å². The summed E-state index contributed by atoms with van der Waals surface area (Å²) in [5, 5.41) is 0. The molecule has 0 saturated heterocycles. The van der Waals surface area contributed by atoms with Crippen LogP contribution < -0.4 is 24.6 Å². The molecule has 1 amide bonds. The van der Waals surface area contributed by atoms with Crippen LogP contribution in [0.4, 0.5) is 13.2 Å². The number of alkyl halides is 3. The van der Waals surface area contributed by atoms with Crippen LogP contribution in [-0.4, -0.2) is 35.8 Å². The summed E-state index contributed by atoms with van der Waals surface area (Å²) in [7, 11) is -5.85. The van der Waals surface area contributed by atoms with Gasteiger partial charge in [0.25, 0.3) is 0 Å². The number of carbonyl (C=O) groups excluding carboxylic acids is 1. The summed E-state index contributed by atoms with van der Waals surface area (Å²) in [5.74, 6) is -1.57. The number of hydrogen-bond acceptors (Lipinski definition) is 5. The number of aromatic nitrogens is 2. The van der Waals surface area contributed by atoms with Crippen molar-refractivity contribution in [2.24, 2.45) is 5.73 Å². The van der Waals surface area contributed by atoms with E-state index in [2.05, 4.69) is 14.7 Å².